The van der Waals surface area contributed by atoms with Gasteiger partial charge in [-0.05, 0) is 49.3 Å². The van der Waals surface area contributed by atoms with Crippen LogP contribution in [0.15, 0.2) is 30.5 Å². The Morgan fingerprint density at radius 2 is 2.08 bits per heavy atom. The number of carbonyl (C=O) groups excluding carboxylic acids is 1. The van der Waals surface area contributed by atoms with Gasteiger partial charge < -0.3 is 4.90 Å². The van der Waals surface area contributed by atoms with Gasteiger partial charge in [-0.2, -0.15) is 0 Å². The van der Waals surface area contributed by atoms with E-state index in [0.717, 1.165) is 44.3 Å². The van der Waals surface area contributed by atoms with E-state index in [1.807, 2.05) is 4.90 Å². The van der Waals surface area contributed by atoms with Gasteiger partial charge in [-0.25, -0.2) is 4.39 Å². The summed E-state index contributed by atoms with van der Waals surface area (Å²) in [7, 11) is 0. The Balaban J connectivity index is 1.65. The number of nitrogens with zero attached hydrogens (tertiary/aromatic N) is 4. The minimum Gasteiger partial charge on any atom is -0.334 e. The summed E-state index contributed by atoms with van der Waals surface area (Å²) in [5.41, 5.74) is 1.46. The molecule has 0 radical (unpaired) electrons. The maximum atomic E-state index is 13.1. The molecule has 1 aliphatic heterocycles. The van der Waals surface area contributed by atoms with E-state index in [-0.39, 0.29) is 17.8 Å². The maximum Gasteiger partial charge on any atom is 0.276 e. The van der Waals surface area contributed by atoms with Crippen LogP contribution in [0.2, 0.25) is 0 Å². The molecule has 5 nitrogen and oxygen atoms in total. The van der Waals surface area contributed by atoms with Crippen LogP contribution < -0.4 is 0 Å². The lowest BCUT2D eigenvalue weighted by Gasteiger charge is -2.23. The third-order valence-electron chi connectivity index (χ3n) is 4.72. The molecule has 3 rings (SSSR count). The number of likely N-dealkylation sites (tertiary alicyclic amines) is 1. The molecule has 1 aromatic heterocycles. The summed E-state index contributed by atoms with van der Waals surface area (Å²) < 4.78 is 14.8. The number of halogens is 1. The number of carbonyl (C=O) groups is 1. The average molecular weight is 344 g/mol. The fourth-order valence-corrected chi connectivity index (χ4v) is 3.25. The fourth-order valence-electron chi connectivity index (χ4n) is 3.25. The Morgan fingerprint density at radius 1 is 1.32 bits per heavy atom. The zero-order chi connectivity index (χ0) is 17.8. The van der Waals surface area contributed by atoms with Crippen molar-refractivity contribution in [3.8, 4) is 0 Å². The molecule has 2 heterocycles. The molecule has 0 saturated carbocycles. The van der Waals surface area contributed by atoms with Gasteiger partial charge in [0.25, 0.3) is 5.91 Å². The third kappa shape index (κ3) is 4.44. The molecule has 0 aliphatic carbocycles. The van der Waals surface area contributed by atoms with Crippen molar-refractivity contribution in [1.82, 2.24) is 19.9 Å². The predicted molar refractivity (Wildman–Crippen MR) is 93.6 cm³/mol. The Labute approximate surface area is 147 Å². The molecule has 1 fully saturated rings. The van der Waals surface area contributed by atoms with Crippen LogP contribution in [-0.2, 0) is 13.0 Å². The summed E-state index contributed by atoms with van der Waals surface area (Å²) in [6, 6.07) is 6.66. The van der Waals surface area contributed by atoms with Crippen molar-refractivity contribution in [3.63, 3.8) is 0 Å². The van der Waals surface area contributed by atoms with Crippen molar-refractivity contribution in [2.24, 2.45) is 5.92 Å². The number of benzene rings is 1. The van der Waals surface area contributed by atoms with Crippen LogP contribution in [0, 0.1) is 11.7 Å². The van der Waals surface area contributed by atoms with Crippen LogP contribution in [0.25, 0.3) is 0 Å². The molecule has 0 spiro atoms. The quantitative estimate of drug-likeness (QED) is 0.808. The molecule has 1 amide bonds. The molecule has 1 atom stereocenters. The topological polar surface area (TPSA) is 51.0 Å². The van der Waals surface area contributed by atoms with Crippen molar-refractivity contribution >= 4 is 5.91 Å². The number of aromatic nitrogens is 3. The highest BCUT2D eigenvalue weighted by atomic mass is 19.1. The van der Waals surface area contributed by atoms with Crippen molar-refractivity contribution in [1.29, 1.82) is 0 Å². The Kier molecular flexibility index (Phi) is 5.46. The lowest BCUT2D eigenvalue weighted by Crippen LogP contribution is -2.37. The summed E-state index contributed by atoms with van der Waals surface area (Å²) in [6.07, 6.45) is 5.45. The van der Waals surface area contributed by atoms with Crippen molar-refractivity contribution < 1.29 is 9.18 Å². The molecule has 6 heteroatoms. The summed E-state index contributed by atoms with van der Waals surface area (Å²) in [5, 5.41) is 8.14. The normalized spacial score (nSPS) is 17.4. The van der Waals surface area contributed by atoms with E-state index in [9.17, 15) is 9.18 Å². The predicted octanol–water partition coefficient (Wildman–Crippen LogP) is 3.31. The van der Waals surface area contributed by atoms with Gasteiger partial charge in [-0.3, -0.25) is 9.48 Å². The zero-order valence-corrected chi connectivity index (χ0v) is 14.9. The van der Waals surface area contributed by atoms with Gasteiger partial charge in [0.1, 0.15) is 5.82 Å². The van der Waals surface area contributed by atoms with Gasteiger partial charge >= 0.3 is 0 Å². The van der Waals surface area contributed by atoms with Crippen LogP contribution in [0.3, 0.4) is 0 Å². The highest BCUT2D eigenvalue weighted by Gasteiger charge is 2.30. The monoisotopic (exact) mass is 344 g/mol. The molecule has 25 heavy (non-hydrogen) atoms. The third-order valence-corrected chi connectivity index (χ3v) is 4.72. The van der Waals surface area contributed by atoms with Crippen LogP contribution in [0.1, 0.15) is 49.2 Å². The first-order chi connectivity index (χ1) is 12.0. The van der Waals surface area contributed by atoms with E-state index in [0.29, 0.717) is 11.6 Å². The summed E-state index contributed by atoms with van der Waals surface area (Å²) >= 11 is 0. The van der Waals surface area contributed by atoms with Crippen LogP contribution in [-0.4, -0.2) is 38.4 Å². The maximum absolute atomic E-state index is 13.1. The summed E-state index contributed by atoms with van der Waals surface area (Å²) in [5.74, 6) is 0.295. The molecule has 0 bridgehead atoms. The summed E-state index contributed by atoms with van der Waals surface area (Å²) in [4.78, 5) is 14.7. The lowest BCUT2D eigenvalue weighted by atomic mass is 10.0. The van der Waals surface area contributed by atoms with E-state index in [1.54, 1.807) is 23.0 Å². The van der Waals surface area contributed by atoms with E-state index in [4.69, 9.17) is 0 Å². The average Bonchev–Trinajstić information content (AvgIpc) is 3.24. The van der Waals surface area contributed by atoms with E-state index >= 15 is 0 Å². The van der Waals surface area contributed by atoms with E-state index in [2.05, 4.69) is 24.2 Å². The minimum absolute atomic E-state index is 0.0552. The zero-order valence-electron chi connectivity index (χ0n) is 14.9. The van der Waals surface area contributed by atoms with Crippen molar-refractivity contribution in [3.05, 3.63) is 47.5 Å². The van der Waals surface area contributed by atoms with Gasteiger partial charge in [0, 0.05) is 19.1 Å². The Bertz CT molecular complexity index is 710. The largest absolute Gasteiger partial charge is 0.334 e. The number of hydrogen-bond donors (Lipinski definition) is 0. The van der Waals surface area contributed by atoms with Crippen molar-refractivity contribution in [2.45, 2.75) is 52.1 Å². The van der Waals surface area contributed by atoms with Crippen LogP contribution in [0.5, 0.6) is 0 Å². The number of rotatable bonds is 6. The first kappa shape index (κ1) is 17.6. The molecule has 1 saturated heterocycles. The van der Waals surface area contributed by atoms with Crippen LogP contribution in [0.4, 0.5) is 4.39 Å². The molecule has 1 aliphatic rings. The fraction of sp³-hybridized carbons (Fsp3) is 0.526. The first-order valence-electron chi connectivity index (χ1n) is 8.98. The van der Waals surface area contributed by atoms with Gasteiger partial charge in [-0.15, -0.1) is 5.10 Å². The van der Waals surface area contributed by atoms with E-state index in [1.165, 1.54) is 12.1 Å². The number of hydrogen-bond acceptors (Lipinski definition) is 3. The second-order valence-corrected chi connectivity index (χ2v) is 7.17. The SMILES string of the molecule is CC(C)CCn1cc(C(=O)N2CCC[C@@H]2Cc2ccc(F)cc2)nn1. The molecule has 134 valence electrons. The molecule has 0 N–H and O–H groups in total. The first-order valence-corrected chi connectivity index (χ1v) is 8.98. The molecular formula is C19H25FN4O. The number of amides is 1. The van der Waals surface area contributed by atoms with Crippen LogP contribution >= 0.6 is 0 Å². The minimum atomic E-state index is -0.235. The highest BCUT2D eigenvalue weighted by Crippen LogP contribution is 2.23. The van der Waals surface area contributed by atoms with Crippen molar-refractivity contribution in [2.75, 3.05) is 6.54 Å². The Hall–Kier alpha value is -2.24. The van der Waals surface area contributed by atoms with Gasteiger partial charge in [0.05, 0.1) is 6.20 Å². The summed E-state index contributed by atoms with van der Waals surface area (Å²) in [6.45, 7) is 5.83. The van der Waals surface area contributed by atoms with Gasteiger partial charge in [0.15, 0.2) is 5.69 Å². The molecule has 0 unspecified atom stereocenters. The highest BCUT2D eigenvalue weighted by molar-refractivity contribution is 5.92. The van der Waals surface area contributed by atoms with Gasteiger partial charge in [0.2, 0.25) is 0 Å². The molecule has 2 aromatic rings. The lowest BCUT2D eigenvalue weighted by molar-refractivity contribution is 0.0730. The second kappa shape index (κ2) is 7.76. The molecule has 1 aromatic carbocycles. The van der Waals surface area contributed by atoms with Gasteiger partial charge in [-0.1, -0.05) is 31.2 Å². The Morgan fingerprint density at radius 3 is 2.80 bits per heavy atom. The molecular weight excluding hydrogens is 319 g/mol. The smallest absolute Gasteiger partial charge is 0.276 e. The standard InChI is InChI=1S/C19H25FN4O/c1-14(2)9-11-23-13-18(21-22-23)19(25)24-10-3-4-17(24)12-15-5-7-16(20)8-6-15/h5-8,13-14,17H,3-4,9-12H2,1-2H3/t17-/m1/s1. The second-order valence-electron chi connectivity index (χ2n) is 7.17. The number of aryl methyl sites for hydroxylation is 1. The van der Waals surface area contributed by atoms with E-state index < -0.39 is 0 Å².